The molecule has 2 aromatic rings. The molecular formula is C13H16ClN3O2. The summed E-state index contributed by atoms with van der Waals surface area (Å²) >= 11 is 6.20. The molecule has 19 heavy (non-hydrogen) atoms. The first-order valence-corrected chi connectivity index (χ1v) is 6.14. The van der Waals surface area contributed by atoms with Gasteiger partial charge in [-0.15, -0.1) is 0 Å². The van der Waals surface area contributed by atoms with Crippen LogP contribution in [0.15, 0.2) is 24.7 Å². The molecule has 0 radical (unpaired) electrons. The zero-order valence-electron chi connectivity index (χ0n) is 11.1. The highest BCUT2D eigenvalue weighted by atomic mass is 35.5. The Hall–Kier alpha value is -1.88. The predicted octanol–water partition coefficient (Wildman–Crippen LogP) is 2.70. The average Bonchev–Trinajstić information content (AvgIpc) is 2.82. The third-order valence-corrected chi connectivity index (χ3v) is 3.16. The highest BCUT2D eigenvalue weighted by Crippen LogP contribution is 2.36. The van der Waals surface area contributed by atoms with Crippen molar-refractivity contribution in [3.05, 3.63) is 35.4 Å². The quantitative estimate of drug-likeness (QED) is 0.915. The summed E-state index contributed by atoms with van der Waals surface area (Å²) in [5, 5.41) is 3.84. The number of methoxy groups -OCH3 is 2. The van der Waals surface area contributed by atoms with Crippen LogP contribution in [0.25, 0.3) is 0 Å². The maximum absolute atomic E-state index is 6.20. The molecule has 0 unspecified atom stereocenters. The molecule has 0 atom stereocenters. The first-order valence-electron chi connectivity index (χ1n) is 5.76. The predicted molar refractivity (Wildman–Crippen MR) is 75.1 cm³/mol. The number of ether oxygens (including phenoxy) is 2. The van der Waals surface area contributed by atoms with Crippen molar-refractivity contribution < 1.29 is 9.47 Å². The van der Waals surface area contributed by atoms with Gasteiger partial charge in [0.05, 0.1) is 43.5 Å². The van der Waals surface area contributed by atoms with Crippen LogP contribution in [0.3, 0.4) is 0 Å². The molecule has 0 fully saturated rings. The standard InChI is InChI=1S/C13H16ClN3O2/c1-17-8-15-6-9(17)7-16-11-5-13(19-3)12(18-2)4-10(11)14/h4-6,8,16H,7H2,1-3H3. The number of nitrogens with one attached hydrogen (secondary N) is 1. The fourth-order valence-electron chi connectivity index (χ4n) is 1.73. The van der Waals surface area contributed by atoms with Crippen molar-refractivity contribution >= 4 is 17.3 Å². The zero-order chi connectivity index (χ0) is 13.8. The van der Waals surface area contributed by atoms with E-state index in [1.807, 2.05) is 23.9 Å². The maximum Gasteiger partial charge on any atom is 0.162 e. The molecule has 6 heteroatoms. The second-order valence-corrected chi connectivity index (χ2v) is 4.44. The number of benzene rings is 1. The monoisotopic (exact) mass is 281 g/mol. The summed E-state index contributed by atoms with van der Waals surface area (Å²) in [6.45, 7) is 0.631. The maximum atomic E-state index is 6.20. The van der Waals surface area contributed by atoms with E-state index in [1.165, 1.54) is 0 Å². The van der Waals surface area contributed by atoms with E-state index < -0.39 is 0 Å². The van der Waals surface area contributed by atoms with Crippen molar-refractivity contribution in [3.63, 3.8) is 0 Å². The molecule has 5 nitrogen and oxygen atoms in total. The van der Waals surface area contributed by atoms with Crippen LogP contribution in [0.4, 0.5) is 5.69 Å². The number of rotatable bonds is 5. The molecule has 0 saturated heterocycles. The minimum Gasteiger partial charge on any atom is -0.493 e. The summed E-state index contributed by atoms with van der Waals surface area (Å²) < 4.78 is 12.4. The Labute approximate surface area is 117 Å². The second kappa shape index (κ2) is 5.84. The summed E-state index contributed by atoms with van der Waals surface area (Å²) in [7, 11) is 5.12. The number of halogens is 1. The third kappa shape index (κ3) is 2.93. The van der Waals surface area contributed by atoms with E-state index in [-0.39, 0.29) is 0 Å². The molecule has 0 aliphatic rings. The number of imidazole rings is 1. The first-order chi connectivity index (χ1) is 9.15. The van der Waals surface area contributed by atoms with Crippen molar-refractivity contribution in [2.24, 2.45) is 7.05 Å². The van der Waals surface area contributed by atoms with Crippen molar-refractivity contribution in [1.29, 1.82) is 0 Å². The first kappa shape index (κ1) is 13.5. The van der Waals surface area contributed by atoms with Crippen molar-refractivity contribution in [1.82, 2.24) is 9.55 Å². The van der Waals surface area contributed by atoms with Gasteiger partial charge in [0.2, 0.25) is 0 Å². The fraction of sp³-hybridized carbons (Fsp3) is 0.308. The van der Waals surface area contributed by atoms with E-state index in [4.69, 9.17) is 21.1 Å². The Morgan fingerprint density at radius 3 is 2.53 bits per heavy atom. The molecule has 0 aliphatic carbocycles. The minimum atomic E-state index is 0.583. The van der Waals surface area contributed by atoms with Gasteiger partial charge in [0.1, 0.15) is 0 Å². The highest BCUT2D eigenvalue weighted by Gasteiger charge is 2.10. The van der Waals surface area contributed by atoms with Gasteiger partial charge >= 0.3 is 0 Å². The molecule has 2 rings (SSSR count). The Bertz CT molecular complexity index is 569. The van der Waals surface area contributed by atoms with Gasteiger partial charge in [-0.3, -0.25) is 0 Å². The molecule has 0 bridgehead atoms. The lowest BCUT2D eigenvalue weighted by molar-refractivity contribution is 0.355. The van der Waals surface area contributed by atoms with Crippen LogP contribution in [0.2, 0.25) is 5.02 Å². The molecule has 1 heterocycles. The fourth-order valence-corrected chi connectivity index (χ4v) is 1.95. The normalized spacial score (nSPS) is 10.3. The van der Waals surface area contributed by atoms with Crippen molar-refractivity contribution in [3.8, 4) is 11.5 Å². The van der Waals surface area contributed by atoms with Gasteiger partial charge in [0.15, 0.2) is 11.5 Å². The van der Waals surface area contributed by atoms with Gasteiger partial charge in [-0.05, 0) is 0 Å². The van der Waals surface area contributed by atoms with Crippen LogP contribution < -0.4 is 14.8 Å². The van der Waals surface area contributed by atoms with E-state index in [0.29, 0.717) is 23.1 Å². The summed E-state index contributed by atoms with van der Waals surface area (Å²) in [5.74, 6) is 1.25. The topological polar surface area (TPSA) is 48.3 Å². The van der Waals surface area contributed by atoms with Gasteiger partial charge in [0.25, 0.3) is 0 Å². The van der Waals surface area contributed by atoms with Crippen LogP contribution in [-0.4, -0.2) is 23.8 Å². The summed E-state index contributed by atoms with van der Waals surface area (Å²) in [4.78, 5) is 4.06. The van der Waals surface area contributed by atoms with Gasteiger partial charge in [-0.2, -0.15) is 0 Å². The Kier molecular flexibility index (Phi) is 4.16. The average molecular weight is 282 g/mol. The van der Waals surface area contributed by atoms with Crippen LogP contribution in [-0.2, 0) is 13.6 Å². The molecule has 0 saturated carbocycles. The van der Waals surface area contributed by atoms with Crippen molar-refractivity contribution in [2.75, 3.05) is 19.5 Å². The second-order valence-electron chi connectivity index (χ2n) is 4.04. The number of aryl methyl sites for hydroxylation is 1. The molecule has 1 aromatic heterocycles. The van der Waals surface area contributed by atoms with Crippen LogP contribution in [0.5, 0.6) is 11.5 Å². The number of aromatic nitrogens is 2. The number of hydrogen-bond acceptors (Lipinski definition) is 4. The number of hydrogen-bond donors (Lipinski definition) is 1. The SMILES string of the molecule is COc1cc(Cl)c(NCc2cncn2C)cc1OC. The summed E-state index contributed by atoms with van der Waals surface area (Å²) in [6, 6.07) is 3.55. The molecule has 1 N–H and O–H groups in total. The summed E-state index contributed by atoms with van der Waals surface area (Å²) in [6.07, 6.45) is 3.56. The van der Waals surface area contributed by atoms with Gasteiger partial charge in [0, 0.05) is 25.4 Å². The number of anilines is 1. The van der Waals surface area contributed by atoms with Gasteiger partial charge in [-0.1, -0.05) is 11.6 Å². The summed E-state index contributed by atoms with van der Waals surface area (Å²) in [5.41, 5.74) is 1.85. The molecule has 1 aromatic carbocycles. The molecule has 102 valence electrons. The Morgan fingerprint density at radius 2 is 1.95 bits per heavy atom. The largest absolute Gasteiger partial charge is 0.493 e. The zero-order valence-corrected chi connectivity index (χ0v) is 11.9. The Balaban J connectivity index is 2.18. The molecule has 0 amide bonds. The van der Waals surface area contributed by atoms with E-state index in [9.17, 15) is 0 Å². The van der Waals surface area contributed by atoms with E-state index in [0.717, 1.165) is 11.4 Å². The smallest absolute Gasteiger partial charge is 0.162 e. The van der Waals surface area contributed by atoms with E-state index >= 15 is 0 Å². The van der Waals surface area contributed by atoms with Gasteiger partial charge in [-0.25, -0.2) is 4.98 Å². The highest BCUT2D eigenvalue weighted by molar-refractivity contribution is 6.33. The lowest BCUT2D eigenvalue weighted by atomic mass is 10.2. The number of nitrogens with zero attached hydrogens (tertiary/aromatic N) is 2. The van der Waals surface area contributed by atoms with E-state index in [2.05, 4.69) is 10.3 Å². The third-order valence-electron chi connectivity index (χ3n) is 2.85. The van der Waals surface area contributed by atoms with E-state index in [1.54, 1.807) is 26.6 Å². The van der Waals surface area contributed by atoms with Crippen LogP contribution in [0, 0.1) is 0 Å². The Morgan fingerprint density at radius 1 is 1.26 bits per heavy atom. The van der Waals surface area contributed by atoms with Crippen molar-refractivity contribution in [2.45, 2.75) is 6.54 Å². The lowest BCUT2D eigenvalue weighted by Crippen LogP contribution is -2.04. The molecular weight excluding hydrogens is 266 g/mol. The molecule has 0 spiro atoms. The van der Waals surface area contributed by atoms with Crippen LogP contribution >= 0.6 is 11.6 Å². The minimum absolute atomic E-state index is 0.583. The van der Waals surface area contributed by atoms with Gasteiger partial charge < -0.3 is 19.4 Å². The lowest BCUT2D eigenvalue weighted by Gasteiger charge is -2.13. The molecule has 0 aliphatic heterocycles. The van der Waals surface area contributed by atoms with Crippen LogP contribution in [0.1, 0.15) is 5.69 Å².